The molecular weight excluding hydrogens is 206 g/mol. The van der Waals surface area contributed by atoms with E-state index >= 15 is 0 Å². The summed E-state index contributed by atoms with van der Waals surface area (Å²) < 4.78 is 0. The van der Waals surface area contributed by atoms with Crippen molar-refractivity contribution in [2.75, 3.05) is 6.61 Å². The van der Waals surface area contributed by atoms with Gasteiger partial charge >= 0.3 is 5.97 Å². The van der Waals surface area contributed by atoms with E-state index in [0.717, 1.165) is 5.56 Å². The average molecular weight is 219 g/mol. The first-order valence-electron chi connectivity index (χ1n) is 4.81. The van der Waals surface area contributed by atoms with Gasteiger partial charge < -0.3 is 5.11 Å². The fraction of sp³-hybridized carbons (Fsp3) is 0.250. The predicted molar refractivity (Wildman–Crippen MR) is 59.5 cm³/mol. The lowest BCUT2D eigenvalue weighted by Crippen LogP contribution is -2.38. The third kappa shape index (κ3) is 4.13. The number of rotatable bonds is 6. The van der Waals surface area contributed by atoms with E-state index in [2.05, 4.69) is 11.4 Å². The second-order valence-corrected chi connectivity index (χ2v) is 3.19. The number of hydroxylamine groups is 1. The number of carbonyl (C=O) groups is 1. The largest absolute Gasteiger partial charge is 0.480 e. The predicted octanol–water partition coefficient (Wildman–Crippen LogP) is 0.837. The number of benzene rings is 1. The Hall–Kier alpha value is -1.83. The van der Waals surface area contributed by atoms with Crippen molar-refractivity contribution < 1.29 is 14.7 Å². The van der Waals surface area contributed by atoms with Gasteiger partial charge in [-0.05, 0) is 5.56 Å². The zero-order valence-electron chi connectivity index (χ0n) is 8.72. The summed E-state index contributed by atoms with van der Waals surface area (Å²) in [5.41, 5.74) is 3.35. The molecule has 4 nitrogen and oxygen atoms in total. The van der Waals surface area contributed by atoms with Gasteiger partial charge in [0.1, 0.15) is 12.6 Å². The minimum absolute atomic E-state index is 0.0402. The molecule has 0 radical (unpaired) electrons. The Bertz CT molecular complexity index is 370. The molecule has 16 heavy (non-hydrogen) atoms. The summed E-state index contributed by atoms with van der Waals surface area (Å²) in [6.07, 6.45) is 5.33. The van der Waals surface area contributed by atoms with Crippen LogP contribution in [0, 0.1) is 12.3 Å². The highest BCUT2D eigenvalue weighted by atomic mass is 16.6. The molecule has 0 saturated carbocycles. The van der Waals surface area contributed by atoms with Crippen molar-refractivity contribution in [3.8, 4) is 12.3 Å². The Kier molecular flexibility index (Phi) is 5.06. The highest BCUT2D eigenvalue weighted by molar-refractivity contribution is 5.73. The first-order valence-corrected chi connectivity index (χ1v) is 4.81. The van der Waals surface area contributed by atoms with Crippen LogP contribution in [0.3, 0.4) is 0 Å². The lowest BCUT2D eigenvalue weighted by Gasteiger charge is -2.13. The van der Waals surface area contributed by atoms with Gasteiger partial charge in [0.2, 0.25) is 0 Å². The fourth-order valence-corrected chi connectivity index (χ4v) is 1.21. The molecule has 0 saturated heterocycles. The number of hydrogen-bond donors (Lipinski definition) is 2. The zero-order chi connectivity index (χ0) is 11.8. The van der Waals surface area contributed by atoms with E-state index in [4.69, 9.17) is 16.4 Å². The molecule has 2 N–H and O–H groups in total. The average Bonchev–Trinajstić information content (AvgIpc) is 2.29. The SMILES string of the molecule is C#CCON[C@@H](Cc1ccccc1)C(=O)O. The Labute approximate surface area is 94.2 Å². The Morgan fingerprint density at radius 1 is 1.50 bits per heavy atom. The molecule has 1 aromatic carbocycles. The summed E-state index contributed by atoms with van der Waals surface area (Å²) in [4.78, 5) is 15.7. The van der Waals surface area contributed by atoms with Crippen molar-refractivity contribution in [2.24, 2.45) is 0 Å². The number of carboxylic acids is 1. The van der Waals surface area contributed by atoms with Gasteiger partial charge in [-0.3, -0.25) is 9.63 Å². The van der Waals surface area contributed by atoms with Crippen LogP contribution in [0.15, 0.2) is 30.3 Å². The molecule has 0 aliphatic heterocycles. The van der Waals surface area contributed by atoms with Crippen molar-refractivity contribution in [1.82, 2.24) is 5.48 Å². The van der Waals surface area contributed by atoms with Crippen LogP contribution in [-0.2, 0) is 16.1 Å². The second kappa shape index (κ2) is 6.62. The molecule has 0 heterocycles. The normalized spacial score (nSPS) is 11.7. The van der Waals surface area contributed by atoms with Gasteiger partial charge in [-0.1, -0.05) is 36.3 Å². The van der Waals surface area contributed by atoms with Crippen molar-refractivity contribution in [3.05, 3.63) is 35.9 Å². The molecule has 0 unspecified atom stereocenters. The standard InChI is InChI=1S/C12H13NO3/c1-2-8-16-13-11(12(14)15)9-10-6-4-3-5-7-10/h1,3-7,11,13H,8-9H2,(H,14,15)/t11-/m0/s1. The summed E-state index contributed by atoms with van der Waals surface area (Å²) in [7, 11) is 0. The topological polar surface area (TPSA) is 58.6 Å². The quantitative estimate of drug-likeness (QED) is 0.423. The monoisotopic (exact) mass is 219 g/mol. The Balaban J connectivity index is 2.52. The molecule has 0 bridgehead atoms. The molecule has 0 spiro atoms. The highest BCUT2D eigenvalue weighted by Crippen LogP contribution is 2.03. The van der Waals surface area contributed by atoms with Gasteiger partial charge in [-0.25, -0.2) is 0 Å². The molecule has 0 aromatic heterocycles. The van der Waals surface area contributed by atoms with Crippen LogP contribution >= 0.6 is 0 Å². The molecule has 4 heteroatoms. The van der Waals surface area contributed by atoms with Gasteiger partial charge in [0, 0.05) is 6.42 Å². The van der Waals surface area contributed by atoms with Gasteiger partial charge in [-0.2, -0.15) is 5.48 Å². The molecule has 0 aliphatic carbocycles. The number of aliphatic carboxylic acids is 1. The number of terminal acetylenes is 1. The number of hydrogen-bond acceptors (Lipinski definition) is 3. The number of nitrogens with one attached hydrogen (secondary N) is 1. The van der Waals surface area contributed by atoms with E-state index in [1.54, 1.807) is 0 Å². The fourth-order valence-electron chi connectivity index (χ4n) is 1.21. The molecule has 0 aliphatic rings. The summed E-state index contributed by atoms with van der Waals surface area (Å²) in [5.74, 6) is 1.28. The van der Waals surface area contributed by atoms with Gasteiger partial charge in [0.05, 0.1) is 0 Å². The highest BCUT2D eigenvalue weighted by Gasteiger charge is 2.17. The van der Waals surface area contributed by atoms with Crippen LogP contribution < -0.4 is 5.48 Å². The van der Waals surface area contributed by atoms with Crippen LogP contribution in [0.1, 0.15) is 5.56 Å². The van der Waals surface area contributed by atoms with Gasteiger partial charge in [0.25, 0.3) is 0 Å². The summed E-state index contributed by atoms with van der Waals surface area (Å²) >= 11 is 0. The Morgan fingerprint density at radius 3 is 2.75 bits per heavy atom. The van der Waals surface area contributed by atoms with E-state index in [1.807, 2.05) is 30.3 Å². The Morgan fingerprint density at radius 2 is 2.19 bits per heavy atom. The second-order valence-electron chi connectivity index (χ2n) is 3.19. The molecule has 84 valence electrons. The van der Waals surface area contributed by atoms with E-state index in [-0.39, 0.29) is 6.61 Å². The van der Waals surface area contributed by atoms with Crippen LogP contribution in [0.25, 0.3) is 0 Å². The molecule has 1 rings (SSSR count). The lowest BCUT2D eigenvalue weighted by atomic mass is 10.1. The third-order valence-electron chi connectivity index (χ3n) is 1.96. The van der Waals surface area contributed by atoms with E-state index in [1.165, 1.54) is 0 Å². The minimum atomic E-state index is -0.971. The van der Waals surface area contributed by atoms with Crippen molar-refractivity contribution in [3.63, 3.8) is 0 Å². The van der Waals surface area contributed by atoms with Crippen LogP contribution in [0.2, 0.25) is 0 Å². The molecule has 1 aromatic rings. The van der Waals surface area contributed by atoms with E-state index in [0.29, 0.717) is 6.42 Å². The van der Waals surface area contributed by atoms with Crippen LogP contribution in [0.4, 0.5) is 0 Å². The maximum absolute atomic E-state index is 10.9. The smallest absolute Gasteiger partial charge is 0.323 e. The minimum Gasteiger partial charge on any atom is -0.480 e. The van der Waals surface area contributed by atoms with Gasteiger partial charge in [0.15, 0.2) is 0 Å². The van der Waals surface area contributed by atoms with Crippen LogP contribution in [-0.4, -0.2) is 23.7 Å². The van der Waals surface area contributed by atoms with Crippen molar-refractivity contribution in [1.29, 1.82) is 0 Å². The third-order valence-corrected chi connectivity index (χ3v) is 1.96. The molecule has 1 atom stereocenters. The maximum Gasteiger partial charge on any atom is 0.323 e. The van der Waals surface area contributed by atoms with E-state index in [9.17, 15) is 4.79 Å². The van der Waals surface area contributed by atoms with Crippen molar-refractivity contribution in [2.45, 2.75) is 12.5 Å². The van der Waals surface area contributed by atoms with Gasteiger partial charge in [-0.15, -0.1) is 6.42 Å². The zero-order valence-corrected chi connectivity index (χ0v) is 8.72. The van der Waals surface area contributed by atoms with Crippen LogP contribution in [0.5, 0.6) is 0 Å². The summed E-state index contributed by atoms with van der Waals surface area (Å²) in [6, 6.07) is 8.52. The summed E-state index contributed by atoms with van der Waals surface area (Å²) in [6.45, 7) is 0.0402. The summed E-state index contributed by atoms with van der Waals surface area (Å²) in [5, 5.41) is 8.94. The molecular formula is C12H13NO3. The molecule has 0 amide bonds. The number of carboxylic acid groups (broad SMARTS) is 1. The lowest BCUT2D eigenvalue weighted by molar-refractivity contribution is -0.143. The maximum atomic E-state index is 10.9. The van der Waals surface area contributed by atoms with Crippen molar-refractivity contribution >= 4 is 5.97 Å². The molecule has 0 fully saturated rings. The van der Waals surface area contributed by atoms with E-state index < -0.39 is 12.0 Å². The first-order chi connectivity index (χ1) is 7.74. The first kappa shape index (κ1) is 12.2.